The number of rotatable bonds is 4. The van der Waals surface area contributed by atoms with Gasteiger partial charge in [-0.15, -0.1) is 0 Å². The van der Waals surface area contributed by atoms with E-state index < -0.39 is 0 Å². The van der Waals surface area contributed by atoms with E-state index in [2.05, 4.69) is 5.32 Å². The molecule has 22 heavy (non-hydrogen) atoms. The molecular weight excluding hydrogens is 345 g/mol. The molecule has 2 aromatic rings. The Kier molecular flexibility index (Phi) is 5.72. The Bertz CT molecular complexity index is 709. The van der Waals surface area contributed by atoms with Gasteiger partial charge < -0.3 is 10.1 Å². The highest BCUT2D eigenvalue weighted by Gasteiger charge is 2.07. The average Bonchev–Trinajstić information content (AvgIpc) is 2.47. The fraction of sp³-hybridized carbons (Fsp3) is 0.0625. The first-order chi connectivity index (χ1) is 10.5. The van der Waals surface area contributed by atoms with Crippen molar-refractivity contribution in [3.63, 3.8) is 0 Å². The quantitative estimate of drug-likeness (QED) is 0.754. The van der Waals surface area contributed by atoms with E-state index in [0.717, 1.165) is 0 Å². The molecule has 0 aromatic heterocycles. The third-order valence-corrected chi connectivity index (χ3v) is 3.71. The van der Waals surface area contributed by atoms with Gasteiger partial charge in [-0.2, -0.15) is 0 Å². The molecule has 1 amide bonds. The maximum absolute atomic E-state index is 12.0. The molecule has 0 radical (unpaired) electrons. The van der Waals surface area contributed by atoms with Gasteiger partial charge >= 0.3 is 0 Å². The first kappa shape index (κ1) is 16.7. The van der Waals surface area contributed by atoms with Crippen LogP contribution in [0.5, 0.6) is 5.75 Å². The number of amides is 1. The molecule has 0 bridgehead atoms. The summed E-state index contributed by atoms with van der Waals surface area (Å²) < 4.78 is 5.16. The van der Waals surface area contributed by atoms with E-state index >= 15 is 0 Å². The van der Waals surface area contributed by atoms with Gasteiger partial charge in [0.05, 0.1) is 12.8 Å². The van der Waals surface area contributed by atoms with Crippen LogP contribution in [0.2, 0.25) is 15.1 Å². The maximum Gasteiger partial charge on any atom is 0.248 e. The summed E-state index contributed by atoms with van der Waals surface area (Å²) in [7, 11) is 1.51. The molecule has 3 nitrogen and oxygen atoms in total. The Morgan fingerprint density at radius 1 is 1.14 bits per heavy atom. The number of carbonyl (C=O) groups excluding carboxylic acids is 1. The van der Waals surface area contributed by atoms with E-state index in [9.17, 15) is 4.79 Å². The Morgan fingerprint density at radius 2 is 1.82 bits per heavy atom. The van der Waals surface area contributed by atoms with E-state index in [0.29, 0.717) is 32.1 Å². The van der Waals surface area contributed by atoms with Gasteiger partial charge in [0.1, 0.15) is 5.75 Å². The van der Waals surface area contributed by atoms with Crippen LogP contribution in [0.4, 0.5) is 5.69 Å². The highest BCUT2D eigenvalue weighted by atomic mass is 35.5. The van der Waals surface area contributed by atoms with Crippen LogP contribution >= 0.6 is 34.8 Å². The average molecular weight is 357 g/mol. The number of halogens is 3. The van der Waals surface area contributed by atoms with Crippen molar-refractivity contribution in [1.29, 1.82) is 0 Å². The van der Waals surface area contributed by atoms with E-state index in [4.69, 9.17) is 39.5 Å². The topological polar surface area (TPSA) is 38.3 Å². The molecule has 2 aromatic carbocycles. The van der Waals surface area contributed by atoms with Gasteiger partial charge in [-0.05, 0) is 36.4 Å². The molecule has 0 saturated carbocycles. The van der Waals surface area contributed by atoms with Gasteiger partial charge in [-0.3, -0.25) is 4.79 Å². The molecular formula is C16H12Cl3NO2. The number of anilines is 1. The summed E-state index contributed by atoms with van der Waals surface area (Å²) in [6, 6.07) is 10.1. The SMILES string of the molecule is COc1ccc(Cl)cc1NC(=O)/C=C/c1c(Cl)cccc1Cl. The molecule has 0 atom stereocenters. The smallest absolute Gasteiger partial charge is 0.248 e. The van der Waals surface area contributed by atoms with Gasteiger partial charge in [0.15, 0.2) is 0 Å². The van der Waals surface area contributed by atoms with E-state index in [-0.39, 0.29) is 5.91 Å². The fourth-order valence-corrected chi connectivity index (χ4v) is 2.48. The van der Waals surface area contributed by atoms with Gasteiger partial charge in [-0.1, -0.05) is 40.9 Å². The summed E-state index contributed by atoms with van der Waals surface area (Å²) in [5.74, 6) is 0.165. The monoisotopic (exact) mass is 355 g/mol. The van der Waals surface area contributed by atoms with Crippen molar-refractivity contribution in [2.75, 3.05) is 12.4 Å². The molecule has 6 heteroatoms. The van der Waals surface area contributed by atoms with Crippen molar-refractivity contribution in [1.82, 2.24) is 0 Å². The number of nitrogens with one attached hydrogen (secondary N) is 1. The lowest BCUT2D eigenvalue weighted by atomic mass is 10.2. The molecule has 114 valence electrons. The summed E-state index contributed by atoms with van der Waals surface area (Å²) in [5.41, 5.74) is 1.06. The molecule has 0 spiro atoms. The number of methoxy groups -OCH3 is 1. The fourth-order valence-electron chi connectivity index (χ4n) is 1.78. The third-order valence-electron chi connectivity index (χ3n) is 2.82. The predicted molar refractivity (Wildman–Crippen MR) is 92.1 cm³/mol. The first-order valence-electron chi connectivity index (χ1n) is 6.28. The maximum atomic E-state index is 12.0. The Hall–Kier alpha value is -1.68. The van der Waals surface area contributed by atoms with E-state index in [1.54, 1.807) is 42.5 Å². The minimum atomic E-state index is -0.350. The Balaban J connectivity index is 2.17. The standard InChI is InChI=1S/C16H12Cl3NO2/c1-22-15-7-5-10(17)9-14(15)20-16(21)8-6-11-12(18)3-2-4-13(11)19/h2-9H,1H3,(H,20,21)/b8-6+. The molecule has 2 rings (SSSR count). The largest absolute Gasteiger partial charge is 0.495 e. The highest BCUT2D eigenvalue weighted by molar-refractivity contribution is 6.37. The number of carbonyl (C=O) groups is 1. The highest BCUT2D eigenvalue weighted by Crippen LogP contribution is 2.28. The Morgan fingerprint density at radius 3 is 2.45 bits per heavy atom. The molecule has 0 unspecified atom stereocenters. The van der Waals surface area contributed by atoms with Gasteiger partial charge in [0.25, 0.3) is 0 Å². The molecule has 0 heterocycles. The zero-order chi connectivity index (χ0) is 16.1. The first-order valence-corrected chi connectivity index (χ1v) is 7.41. The summed E-state index contributed by atoms with van der Waals surface area (Å²) in [4.78, 5) is 12.0. The second kappa shape index (κ2) is 7.54. The summed E-state index contributed by atoms with van der Waals surface area (Å²) in [6.45, 7) is 0. The van der Waals surface area contributed by atoms with Crippen LogP contribution < -0.4 is 10.1 Å². The van der Waals surface area contributed by atoms with Gasteiger partial charge in [0.2, 0.25) is 5.91 Å². The minimum absolute atomic E-state index is 0.350. The molecule has 0 saturated heterocycles. The minimum Gasteiger partial charge on any atom is -0.495 e. The molecule has 1 N–H and O–H groups in total. The lowest BCUT2D eigenvalue weighted by Gasteiger charge is -2.09. The van der Waals surface area contributed by atoms with Crippen molar-refractivity contribution in [3.05, 3.63) is 63.1 Å². The van der Waals surface area contributed by atoms with Crippen LogP contribution in [0.25, 0.3) is 6.08 Å². The van der Waals surface area contributed by atoms with Crippen molar-refractivity contribution in [2.45, 2.75) is 0 Å². The van der Waals surface area contributed by atoms with Gasteiger partial charge in [0, 0.05) is 26.7 Å². The summed E-state index contributed by atoms with van der Waals surface area (Å²) >= 11 is 18.0. The second-order valence-electron chi connectivity index (χ2n) is 4.30. The van der Waals surface area contributed by atoms with Gasteiger partial charge in [-0.25, -0.2) is 0 Å². The normalized spacial score (nSPS) is 10.7. The number of benzene rings is 2. The second-order valence-corrected chi connectivity index (χ2v) is 5.55. The van der Waals surface area contributed by atoms with Crippen molar-refractivity contribution >= 4 is 52.5 Å². The lowest BCUT2D eigenvalue weighted by Crippen LogP contribution is -2.08. The van der Waals surface area contributed by atoms with E-state index in [1.165, 1.54) is 13.2 Å². The summed E-state index contributed by atoms with van der Waals surface area (Å²) in [6.07, 6.45) is 2.89. The number of hydrogen-bond acceptors (Lipinski definition) is 2. The zero-order valence-corrected chi connectivity index (χ0v) is 13.8. The molecule has 0 aliphatic heterocycles. The van der Waals surface area contributed by atoms with Crippen LogP contribution in [-0.4, -0.2) is 13.0 Å². The molecule has 0 aliphatic carbocycles. The van der Waals surface area contributed by atoms with Crippen molar-refractivity contribution < 1.29 is 9.53 Å². The Labute approximate surface area is 143 Å². The number of ether oxygens (including phenoxy) is 1. The lowest BCUT2D eigenvalue weighted by molar-refractivity contribution is -0.111. The third kappa shape index (κ3) is 4.17. The molecule has 0 aliphatic rings. The van der Waals surface area contributed by atoms with Crippen LogP contribution in [0.15, 0.2) is 42.5 Å². The van der Waals surface area contributed by atoms with Crippen LogP contribution in [0, 0.1) is 0 Å². The van der Waals surface area contributed by atoms with Crippen molar-refractivity contribution in [3.8, 4) is 5.75 Å². The summed E-state index contributed by atoms with van der Waals surface area (Å²) in [5, 5.41) is 4.12. The zero-order valence-electron chi connectivity index (χ0n) is 11.6. The van der Waals surface area contributed by atoms with Crippen LogP contribution in [-0.2, 0) is 4.79 Å². The van der Waals surface area contributed by atoms with Crippen LogP contribution in [0.3, 0.4) is 0 Å². The van der Waals surface area contributed by atoms with Crippen molar-refractivity contribution in [2.24, 2.45) is 0 Å². The predicted octanol–water partition coefficient (Wildman–Crippen LogP) is 5.31. The van der Waals surface area contributed by atoms with Crippen LogP contribution in [0.1, 0.15) is 5.56 Å². The molecule has 0 fully saturated rings. The van der Waals surface area contributed by atoms with E-state index in [1.807, 2.05) is 0 Å². The number of hydrogen-bond donors (Lipinski definition) is 1.